The first-order valence-corrected chi connectivity index (χ1v) is 15.8. The van der Waals surface area contributed by atoms with Gasteiger partial charge in [0.2, 0.25) is 0 Å². The smallest absolute Gasteiger partial charge is 0.410 e. The lowest BCUT2D eigenvalue weighted by Gasteiger charge is -2.38. The van der Waals surface area contributed by atoms with Gasteiger partial charge in [0.05, 0.1) is 51.7 Å². The maximum absolute atomic E-state index is 12.9. The minimum absolute atomic E-state index is 0.0567. The number of nitrogens with zero attached hydrogens (tertiary/aromatic N) is 1. The molecule has 200 valence electrons. The van der Waals surface area contributed by atoms with Gasteiger partial charge in [0.1, 0.15) is 5.60 Å². The summed E-state index contributed by atoms with van der Waals surface area (Å²) in [5.41, 5.74) is -0.542. The van der Waals surface area contributed by atoms with Gasteiger partial charge in [-0.05, 0) is 64.6 Å². The molecule has 2 rings (SSSR count). The van der Waals surface area contributed by atoms with Crippen LogP contribution in [-0.4, -0.2) is 89.5 Å². The molecule has 2 heterocycles. The molecule has 8 nitrogen and oxygen atoms in total. The van der Waals surface area contributed by atoms with Crippen molar-refractivity contribution in [2.75, 3.05) is 46.2 Å². The highest BCUT2D eigenvalue weighted by Gasteiger charge is 2.42. The lowest BCUT2D eigenvalue weighted by Crippen LogP contribution is -2.46. The lowest BCUT2D eigenvalue weighted by molar-refractivity contribution is -0.169. The Hall–Kier alpha value is -0.713. The SMILES string of the molecule is CC(C)(C)OC(=O)N1C[C@H](OCCOCCOC2CCCCO2)C[C@H]1CO[Si](C)(C)C(C)(C)C. The van der Waals surface area contributed by atoms with E-state index in [1.54, 1.807) is 4.90 Å². The van der Waals surface area contributed by atoms with Gasteiger partial charge in [0.15, 0.2) is 14.6 Å². The van der Waals surface area contributed by atoms with Gasteiger partial charge in [0.25, 0.3) is 0 Å². The van der Waals surface area contributed by atoms with Crippen LogP contribution >= 0.6 is 0 Å². The molecule has 0 aliphatic carbocycles. The summed E-state index contributed by atoms with van der Waals surface area (Å²) in [4.78, 5) is 14.7. The molecule has 2 saturated heterocycles. The third-order valence-electron chi connectivity index (χ3n) is 6.70. The highest BCUT2D eigenvalue weighted by atomic mass is 28.4. The minimum atomic E-state index is -1.92. The molecule has 0 aromatic rings. The first-order valence-electron chi connectivity index (χ1n) is 12.8. The van der Waals surface area contributed by atoms with Crippen molar-refractivity contribution in [3.8, 4) is 0 Å². The predicted octanol–water partition coefficient (Wildman–Crippen LogP) is 4.96. The van der Waals surface area contributed by atoms with E-state index in [1.807, 2.05) is 20.8 Å². The summed E-state index contributed by atoms with van der Waals surface area (Å²) in [6.07, 6.45) is 3.51. The van der Waals surface area contributed by atoms with Crippen LogP contribution < -0.4 is 0 Å². The van der Waals surface area contributed by atoms with Crippen LogP contribution in [0.15, 0.2) is 0 Å². The number of carbonyl (C=O) groups is 1. The van der Waals surface area contributed by atoms with E-state index in [2.05, 4.69) is 33.9 Å². The summed E-state index contributed by atoms with van der Waals surface area (Å²) < 4.78 is 35.0. The van der Waals surface area contributed by atoms with Crippen LogP contribution in [0.1, 0.15) is 67.2 Å². The van der Waals surface area contributed by atoms with Crippen LogP contribution in [0.3, 0.4) is 0 Å². The van der Waals surface area contributed by atoms with Gasteiger partial charge in [0, 0.05) is 6.61 Å². The normalized spacial score (nSPS) is 24.5. The van der Waals surface area contributed by atoms with E-state index in [-0.39, 0.29) is 29.6 Å². The van der Waals surface area contributed by atoms with E-state index in [1.165, 1.54) is 0 Å². The maximum atomic E-state index is 12.9. The van der Waals surface area contributed by atoms with E-state index in [9.17, 15) is 4.79 Å². The largest absolute Gasteiger partial charge is 0.444 e. The summed E-state index contributed by atoms with van der Waals surface area (Å²) in [7, 11) is -1.92. The molecule has 34 heavy (non-hydrogen) atoms. The Morgan fingerprint density at radius 3 is 2.26 bits per heavy atom. The van der Waals surface area contributed by atoms with E-state index < -0.39 is 13.9 Å². The zero-order chi connectivity index (χ0) is 25.4. The number of carbonyl (C=O) groups excluding carboxylic acids is 1. The second-order valence-corrected chi connectivity index (χ2v) is 16.7. The summed E-state index contributed by atoms with van der Waals surface area (Å²) in [6, 6.07) is -0.0567. The second kappa shape index (κ2) is 13.0. The Bertz CT molecular complexity index is 611. The van der Waals surface area contributed by atoms with Crippen molar-refractivity contribution in [2.24, 2.45) is 0 Å². The average Bonchev–Trinajstić information content (AvgIpc) is 3.14. The molecule has 0 saturated carbocycles. The van der Waals surface area contributed by atoms with Gasteiger partial charge in [-0.1, -0.05) is 20.8 Å². The molecule has 2 aliphatic rings. The fourth-order valence-corrected chi connectivity index (χ4v) is 4.72. The van der Waals surface area contributed by atoms with Crippen molar-refractivity contribution in [3.63, 3.8) is 0 Å². The third-order valence-corrected chi connectivity index (χ3v) is 11.2. The van der Waals surface area contributed by atoms with Crippen molar-refractivity contribution < 1.29 is 32.9 Å². The number of ether oxygens (including phenoxy) is 5. The Morgan fingerprint density at radius 1 is 1.00 bits per heavy atom. The Kier molecular flexibility index (Phi) is 11.3. The minimum Gasteiger partial charge on any atom is -0.444 e. The molecule has 1 unspecified atom stereocenters. The molecule has 1 amide bonds. The first kappa shape index (κ1) is 29.5. The topological polar surface area (TPSA) is 75.7 Å². The fraction of sp³-hybridized carbons (Fsp3) is 0.960. The molecule has 0 bridgehead atoms. The number of rotatable bonds is 11. The van der Waals surface area contributed by atoms with Gasteiger partial charge in [-0.15, -0.1) is 0 Å². The molecule has 2 aliphatic heterocycles. The highest BCUT2D eigenvalue weighted by molar-refractivity contribution is 6.74. The van der Waals surface area contributed by atoms with Gasteiger partial charge in [-0.2, -0.15) is 0 Å². The molecule has 0 radical (unpaired) electrons. The number of likely N-dealkylation sites (tertiary alicyclic amines) is 1. The number of hydrogen-bond acceptors (Lipinski definition) is 7. The van der Waals surface area contributed by atoms with Gasteiger partial charge >= 0.3 is 6.09 Å². The molecule has 0 aromatic heterocycles. The number of hydrogen-bond donors (Lipinski definition) is 0. The molecule has 9 heteroatoms. The maximum Gasteiger partial charge on any atom is 0.410 e. The van der Waals surface area contributed by atoms with Crippen LogP contribution in [0, 0.1) is 0 Å². The highest BCUT2D eigenvalue weighted by Crippen LogP contribution is 2.37. The van der Waals surface area contributed by atoms with E-state index >= 15 is 0 Å². The van der Waals surface area contributed by atoms with Crippen LogP contribution in [0.5, 0.6) is 0 Å². The Labute approximate surface area is 208 Å². The zero-order valence-electron chi connectivity index (χ0n) is 22.8. The van der Waals surface area contributed by atoms with Crippen molar-refractivity contribution in [1.82, 2.24) is 4.90 Å². The molecular weight excluding hydrogens is 454 g/mol. The van der Waals surface area contributed by atoms with Gasteiger partial charge in [-0.25, -0.2) is 4.79 Å². The van der Waals surface area contributed by atoms with E-state index in [4.69, 9.17) is 28.1 Å². The van der Waals surface area contributed by atoms with Crippen molar-refractivity contribution in [1.29, 1.82) is 0 Å². The summed E-state index contributed by atoms with van der Waals surface area (Å²) in [6.45, 7) is 20.6. The summed E-state index contributed by atoms with van der Waals surface area (Å²) in [5.74, 6) is 0. The van der Waals surface area contributed by atoms with Crippen LogP contribution in [0.25, 0.3) is 0 Å². The first-order chi connectivity index (χ1) is 15.8. The molecule has 0 aromatic carbocycles. The lowest BCUT2D eigenvalue weighted by atomic mass is 10.2. The summed E-state index contributed by atoms with van der Waals surface area (Å²) in [5, 5.41) is 0.114. The molecule has 2 fully saturated rings. The fourth-order valence-electron chi connectivity index (χ4n) is 3.67. The van der Waals surface area contributed by atoms with Gasteiger partial charge in [-0.3, -0.25) is 0 Å². The standard InChI is InChI=1S/C25H49NO7Si/c1-24(2,3)33-23(27)26-18-21(17-20(26)19-32-34(7,8)25(4,5)6)29-15-13-28-14-16-31-22-11-9-10-12-30-22/h20-22H,9-19H2,1-8H3/t20-,21+,22?/m0/s1. The van der Waals surface area contributed by atoms with Crippen LogP contribution in [0.2, 0.25) is 18.1 Å². The second-order valence-electron chi connectivity index (χ2n) is 11.9. The van der Waals surface area contributed by atoms with Crippen molar-refractivity contribution in [3.05, 3.63) is 0 Å². The van der Waals surface area contributed by atoms with Gasteiger partial charge < -0.3 is 33.0 Å². The third kappa shape index (κ3) is 10.1. The van der Waals surface area contributed by atoms with Crippen LogP contribution in [0.4, 0.5) is 4.79 Å². The van der Waals surface area contributed by atoms with Crippen LogP contribution in [-0.2, 0) is 28.1 Å². The predicted molar refractivity (Wildman–Crippen MR) is 135 cm³/mol. The number of amides is 1. The zero-order valence-corrected chi connectivity index (χ0v) is 23.8. The van der Waals surface area contributed by atoms with E-state index in [0.29, 0.717) is 39.6 Å². The average molecular weight is 504 g/mol. The monoisotopic (exact) mass is 503 g/mol. The molecule has 0 N–H and O–H groups in total. The van der Waals surface area contributed by atoms with Crippen molar-refractivity contribution in [2.45, 2.75) is 109 Å². The molecule has 3 atom stereocenters. The molecule has 0 spiro atoms. The summed E-state index contributed by atoms with van der Waals surface area (Å²) >= 11 is 0. The Morgan fingerprint density at radius 2 is 1.68 bits per heavy atom. The Balaban J connectivity index is 1.76. The quantitative estimate of drug-likeness (QED) is 0.291. The molecular formula is C25H49NO7Si. The van der Waals surface area contributed by atoms with E-state index in [0.717, 1.165) is 32.3 Å². The van der Waals surface area contributed by atoms with Crippen molar-refractivity contribution >= 4 is 14.4 Å².